The molecule has 2 heterocycles. The van der Waals surface area contributed by atoms with Gasteiger partial charge in [0, 0.05) is 5.69 Å². The van der Waals surface area contributed by atoms with E-state index in [2.05, 4.69) is 9.97 Å². The summed E-state index contributed by atoms with van der Waals surface area (Å²) in [4.78, 5) is 7.59. The van der Waals surface area contributed by atoms with Crippen LogP contribution >= 0.6 is 0 Å². The van der Waals surface area contributed by atoms with Gasteiger partial charge >= 0.3 is 7.12 Å². The summed E-state index contributed by atoms with van der Waals surface area (Å²) >= 11 is 0. The Hall–Kier alpha value is -1.07. The Kier molecular flexibility index (Phi) is 3.15. The highest BCUT2D eigenvalue weighted by molar-refractivity contribution is 6.52. The number of nitrogens with zero attached hydrogens (tertiary/aromatic N) is 1. The first-order valence-electron chi connectivity index (χ1n) is 6.28. The first-order chi connectivity index (χ1) is 8.21. The van der Waals surface area contributed by atoms with E-state index >= 15 is 0 Å². The maximum atomic E-state index is 5.87. The molecule has 5 heteroatoms. The van der Waals surface area contributed by atoms with Crippen LogP contribution < -0.4 is 0 Å². The number of rotatable bonds is 2. The fourth-order valence-corrected chi connectivity index (χ4v) is 1.79. The molecule has 1 saturated heterocycles. The van der Waals surface area contributed by atoms with Crippen molar-refractivity contribution in [3.05, 3.63) is 23.2 Å². The molecule has 2 rings (SSSR count). The molecule has 0 aliphatic carbocycles. The number of H-pyrrole nitrogens is 1. The number of aromatic amines is 1. The first kappa shape index (κ1) is 13.4. The summed E-state index contributed by atoms with van der Waals surface area (Å²) in [6.45, 7) is 12.2. The molecule has 18 heavy (non-hydrogen) atoms. The lowest BCUT2D eigenvalue weighted by Crippen LogP contribution is -2.41. The van der Waals surface area contributed by atoms with E-state index in [4.69, 9.17) is 9.31 Å². The van der Waals surface area contributed by atoms with Crippen molar-refractivity contribution < 1.29 is 9.31 Å². The second-order valence-electron chi connectivity index (χ2n) is 5.82. The molecule has 0 atom stereocenters. The Morgan fingerprint density at radius 1 is 1.11 bits per heavy atom. The van der Waals surface area contributed by atoms with Crippen LogP contribution in [0.25, 0.3) is 6.08 Å². The fraction of sp³-hybridized carbons (Fsp3) is 0.615. The zero-order valence-electron chi connectivity index (χ0n) is 12.0. The molecule has 4 nitrogen and oxygen atoms in total. The third-order valence-corrected chi connectivity index (χ3v) is 3.83. The van der Waals surface area contributed by atoms with Crippen molar-refractivity contribution in [1.82, 2.24) is 9.97 Å². The minimum absolute atomic E-state index is 0.295. The van der Waals surface area contributed by atoms with Crippen molar-refractivity contribution in [1.29, 1.82) is 0 Å². The maximum Gasteiger partial charge on any atom is 0.487 e. The molecule has 1 aliphatic rings. The summed E-state index contributed by atoms with van der Waals surface area (Å²) in [6, 6.07) is 0. The summed E-state index contributed by atoms with van der Waals surface area (Å²) in [7, 11) is -0.319. The van der Waals surface area contributed by atoms with Crippen LogP contribution in [0.2, 0.25) is 0 Å². The van der Waals surface area contributed by atoms with Gasteiger partial charge in [0.25, 0.3) is 0 Å². The molecule has 1 aromatic heterocycles. The highest BCUT2D eigenvalue weighted by Crippen LogP contribution is 2.36. The van der Waals surface area contributed by atoms with Crippen molar-refractivity contribution >= 4 is 13.2 Å². The number of aromatic nitrogens is 2. The Bertz CT molecular complexity index is 442. The molecule has 0 aromatic carbocycles. The normalized spacial score (nSPS) is 22.0. The Morgan fingerprint density at radius 3 is 2.11 bits per heavy atom. The van der Waals surface area contributed by atoms with Gasteiger partial charge in [-0.15, -0.1) is 0 Å². The van der Waals surface area contributed by atoms with E-state index in [9.17, 15) is 0 Å². The van der Waals surface area contributed by atoms with E-state index in [1.54, 1.807) is 0 Å². The number of aryl methyl sites for hydroxylation is 2. The van der Waals surface area contributed by atoms with Crippen LogP contribution in [0.5, 0.6) is 0 Å². The number of imidazole rings is 1. The molecule has 0 unspecified atom stereocenters. The summed E-state index contributed by atoms with van der Waals surface area (Å²) in [5, 5.41) is 0. The molecule has 1 aromatic rings. The van der Waals surface area contributed by atoms with E-state index in [1.807, 2.05) is 53.6 Å². The van der Waals surface area contributed by atoms with Crippen molar-refractivity contribution in [3.63, 3.8) is 0 Å². The molecule has 0 spiro atoms. The summed E-state index contributed by atoms with van der Waals surface area (Å²) in [5.41, 5.74) is 1.51. The first-order valence-corrected chi connectivity index (χ1v) is 6.28. The average Bonchev–Trinajstić information content (AvgIpc) is 2.63. The largest absolute Gasteiger partial charge is 0.487 e. The Balaban J connectivity index is 2.08. The minimum atomic E-state index is -0.319. The maximum absolute atomic E-state index is 5.87. The SMILES string of the molecule is Cc1nc(/C=C/B2OC(C)(C)C(C)(C)O2)[nH]c1C. The van der Waals surface area contributed by atoms with Crippen LogP contribution in [0.3, 0.4) is 0 Å². The summed E-state index contributed by atoms with van der Waals surface area (Å²) < 4.78 is 11.7. The smallest absolute Gasteiger partial charge is 0.400 e. The quantitative estimate of drug-likeness (QED) is 0.818. The van der Waals surface area contributed by atoms with Crippen molar-refractivity contribution in [2.75, 3.05) is 0 Å². The third-order valence-electron chi connectivity index (χ3n) is 3.83. The van der Waals surface area contributed by atoms with E-state index in [0.29, 0.717) is 0 Å². The summed E-state index contributed by atoms with van der Waals surface area (Å²) in [5.74, 6) is 2.73. The molecule has 0 bridgehead atoms. The van der Waals surface area contributed by atoms with Gasteiger partial charge in [-0.05, 0) is 47.6 Å². The Labute approximate surface area is 109 Å². The molecule has 1 aliphatic heterocycles. The second kappa shape index (κ2) is 4.25. The highest BCUT2D eigenvalue weighted by Gasteiger charge is 2.50. The number of hydrogen-bond acceptors (Lipinski definition) is 3. The van der Waals surface area contributed by atoms with Crippen molar-refractivity contribution in [2.45, 2.75) is 52.7 Å². The van der Waals surface area contributed by atoms with Gasteiger partial charge in [-0.3, -0.25) is 0 Å². The molecule has 98 valence electrons. The zero-order valence-corrected chi connectivity index (χ0v) is 12.0. The molecule has 0 radical (unpaired) electrons. The van der Waals surface area contributed by atoms with E-state index in [-0.39, 0.29) is 18.3 Å². The van der Waals surface area contributed by atoms with Crippen LogP contribution in [-0.4, -0.2) is 28.3 Å². The lowest BCUT2D eigenvalue weighted by molar-refractivity contribution is 0.00578. The van der Waals surface area contributed by atoms with Gasteiger partial charge in [0.1, 0.15) is 5.82 Å². The van der Waals surface area contributed by atoms with Gasteiger partial charge in [-0.1, -0.05) is 5.98 Å². The Morgan fingerprint density at radius 2 is 1.67 bits per heavy atom. The van der Waals surface area contributed by atoms with Gasteiger partial charge in [0.05, 0.1) is 16.9 Å². The van der Waals surface area contributed by atoms with Crippen LogP contribution in [-0.2, 0) is 9.31 Å². The third kappa shape index (κ3) is 2.38. The number of hydrogen-bond donors (Lipinski definition) is 1. The van der Waals surface area contributed by atoms with E-state index < -0.39 is 0 Å². The van der Waals surface area contributed by atoms with Gasteiger partial charge in [0.2, 0.25) is 0 Å². The summed E-state index contributed by atoms with van der Waals surface area (Å²) in [6.07, 6.45) is 1.90. The molecular formula is C13H21BN2O2. The van der Waals surface area contributed by atoms with Crippen molar-refractivity contribution in [3.8, 4) is 0 Å². The van der Waals surface area contributed by atoms with Gasteiger partial charge < -0.3 is 14.3 Å². The predicted octanol–water partition coefficient (Wildman–Crippen LogP) is 2.67. The van der Waals surface area contributed by atoms with Gasteiger partial charge in [-0.25, -0.2) is 4.98 Å². The van der Waals surface area contributed by atoms with Gasteiger partial charge in [0.15, 0.2) is 0 Å². The van der Waals surface area contributed by atoms with Crippen LogP contribution in [0.15, 0.2) is 5.98 Å². The highest BCUT2D eigenvalue weighted by atomic mass is 16.7. The van der Waals surface area contributed by atoms with Crippen LogP contribution in [0.4, 0.5) is 0 Å². The van der Waals surface area contributed by atoms with E-state index in [1.165, 1.54) is 0 Å². The monoisotopic (exact) mass is 248 g/mol. The molecule has 0 saturated carbocycles. The fourth-order valence-electron chi connectivity index (χ4n) is 1.79. The van der Waals surface area contributed by atoms with Gasteiger partial charge in [-0.2, -0.15) is 0 Å². The lowest BCUT2D eigenvalue weighted by atomic mass is 9.90. The second-order valence-corrected chi connectivity index (χ2v) is 5.82. The average molecular weight is 248 g/mol. The van der Waals surface area contributed by atoms with Crippen molar-refractivity contribution in [2.24, 2.45) is 0 Å². The van der Waals surface area contributed by atoms with E-state index in [0.717, 1.165) is 17.2 Å². The van der Waals surface area contributed by atoms with Crippen LogP contribution in [0, 0.1) is 13.8 Å². The predicted molar refractivity (Wildman–Crippen MR) is 73.2 cm³/mol. The standard InChI is InChI=1S/C13H21BN2O2/c1-9-10(2)16-11(15-9)7-8-14-17-12(3,4)13(5,6)18-14/h7-8H,1-6H3,(H,15,16)/b8-7+. The molecule has 1 N–H and O–H groups in total. The topological polar surface area (TPSA) is 47.1 Å². The molecule has 0 amide bonds. The molecule has 1 fully saturated rings. The zero-order chi connectivity index (χ0) is 13.6. The minimum Gasteiger partial charge on any atom is -0.400 e. The molecular weight excluding hydrogens is 227 g/mol. The van der Waals surface area contributed by atoms with Crippen LogP contribution in [0.1, 0.15) is 44.9 Å². The number of nitrogens with one attached hydrogen (secondary N) is 1. The lowest BCUT2D eigenvalue weighted by Gasteiger charge is -2.32.